The smallest absolute Gasteiger partial charge is 0.261 e. The van der Waals surface area contributed by atoms with Crippen LogP contribution in [0.3, 0.4) is 0 Å². The Bertz CT molecular complexity index is 729. The molecule has 1 heterocycles. The number of nitrogens with one attached hydrogen (secondary N) is 1. The van der Waals surface area contributed by atoms with Crippen LogP contribution in [0, 0.1) is 0 Å². The number of hydrogen-bond donors (Lipinski definition) is 1. The molecular formula is C16H21N5O4. The number of amides is 2. The highest BCUT2D eigenvalue weighted by molar-refractivity contribution is 6.05. The third kappa shape index (κ3) is 5.28. The number of carbonyl (C=O) groups is 2. The summed E-state index contributed by atoms with van der Waals surface area (Å²) in [5.41, 5.74) is 0.360. The van der Waals surface area contributed by atoms with Gasteiger partial charge in [0.25, 0.3) is 5.91 Å². The van der Waals surface area contributed by atoms with Gasteiger partial charge in [-0.1, -0.05) is 12.1 Å². The summed E-state index contributed by atoms with van der Waals surface area (Å²) in [6.45, 7) is 0.800. The Kier molecular flexibility index (Phi) is 6.47. The molecule has 0 atom stereocenters. The normalized spacial score (nSPS) is 10.4. The van der Waals surface area contributed by atoms with Gasteiger partial charge in [0.2, 0.25) is 11.9 Å². The Morgan fingerprint density at radius 2 is 2.00 bits per heavy atom. The van der Waals surface area contributed by atoms with E-state index >= 15 is 0 Å². The van der Waals surface area contributed by atoms with Crippen LogP contribution >= 0.6 is 0 Å². The van der Waals surface area contributed by atoms with E-state index in [1.54, 1.807) is 45.5 Å². The zero-order valence-corrected chi connectivity index (χ0v) is 14.4. The molecule has 2 amide bonds. The minimum absolute atomic E-state index is 0.0482. The number of para-hydroxylation sites is 1. The molecule has 2 rings (SSSR count). The summed E-state index contributed by atoms with van der Waals surface area (Å²) in [6.07, 6.45) is 1.39. The van der Waals surface area contributed by atoms with Crippen LogP contribution in [0.1, 0.15) is 10.4 Å². The van der Waals surface area contributed by atoms with Crippen LogP contribution in [-0.2, 0) is 16.1 Å². The van der Waals surface area contributed by atoms with E-state index in [2.05, 4.69) is 15.4 Å². The van der Waals surface area contributed by atoms with E-state index in [0.717, 1.165) is 0 Å². The van der Waals surface area contributed by atoms with Crippen molar-refractivity contribution in [3.63, 3.8) is 0 Å². The molecule has 0 radical (unpaired) electrons. The highest BCUT2D eigenvalue weighted by Gasteiger charge is 2.15. The summed E-state index contributed by atoms with van der Waals surface area (Å²) < 4.78 is 11.8. The lowest BCUT2D eigenvalue weighted by Gasteiger charge is -2.10. The summed E-state index contributed by atoms with van der Waals surface area (Å²) in [6, 6.07) is 6.86. The molecule has 0 spiro atoms. The quantitative estimate of drug-likeness (QED) is 0.704. The summed E-state index contributed by atoms with van der Waals surface area (Å²) in [7, 11) is 4.88. The Hall–Kier alpha value is -2.94. The van der Waals surface area contributed by atoms with Gasteiger partial charge >= 0.3 is 0 Å². The van der Waals surface area contributed by atoms with Crippen LogP contribution in [0.15, 0.2) is 30.6 Å². The number of methoxy groups -OCH3 is 1. The Morgan fingerprint density at radius 1 is 1.24 bits per heavy atom. The first-order valence-electron chi connectivity index (χ1n) is 7.63. The van der Waals surface area contributed by atoms with Crippen LogP contribution in [0.4, 0.5) is 5.95 Å². The second-order valence-corrected chi connectivity index (χ2v) is 5.35. The van der Waals surface area contributed by atoms with Gasteiger partial charge < -0.3 is 14.4 Å². The summed E-state index contributed by atoms with van der Waals surface area (Å²) in [4.78, 5) is 29.5. The lowest BCUT2D eigenvalue weighted by Crippen LogP contribution is -2.26. The van der Waals surface area contributed by atoms with Gasteiger partial charge in [0, 0.05) is 21.2 Å². The highest BCUT2D eigenvalue weighted by Crippen LogP contribution is 2.18. The van der Waals surface area contributed by atoms with E-state index in [1.807, 2.05) is 0 Å². The molecule has 0 saturated heterocycles. The van der Waals surface area contributed by atoms with Crippen molar-refractivity contribution >= 4 is 17.8 Å². The molecule has 0 aliphatic heterocycles. The molecule has 25 heavy (non-hydrogen) atoms. The Labute approximate surface area is 145 Å². The molecule has 1 N–H and O–H groups in total. The molecule has 0 bridgehead atoms. The predicted octanol–water partition coefficient (Wildman–Crippen LogP) is 0.644. The van der Waals surface area contributed by atoms with Crippen molar-refractivity contribution in [2.75, 3.05) is 39.7 Å². The Morgan fingerprint density at radius 3 is 2.72 bits per heavy atom. The maximum absolute atomic E-state index is 12.4. The monoisotopic (exact) mass is 347 g/mol. The van der Waals surface area contributed by atoms with Crippen molar-refractivity contribution in [2.45, 2.75) is 6.54 Å². The van der Waals surface area contributed by atoms with Gasteiger partial charge in [0.15, 0.2) is 0 Å². The van der Waals surface area contributed by atoms with Crippen LogP contribution in [0.25, 0.3) is 0 Å². The molecule has 2 aromatic rings. The molecule has 0 fully saturated rings. The average Bonchev–Trinajstić information content (AvgIpc) is 3.02. The maximum atomic E-state index is 12.4. The van der Waals surface area contributed by atoms with Gasteiger partial charge in [0.05, 0.1) is 12.2 Å². The first-order chi connectivity index (χ1) is 12.0. The minimum Gasteiger partial charge on any atom is -0.490 e. The first kappa shape index (κ1) is 18.4. The molecule has 1 aromatic heterocycles. The van der Waals surface area contributed by atoms with Crippen molar-refractivity contribution in [2.24, 2.45) is 0 Å². The number of hydrogen-bond acceptors (Lipinski definition) is 6. The topological polar surface area (TPSA) is 98.6 Å². The maximum Gasteiger partial charge on any atom is 0.261 e. The van der Waals surface area contributed by atoms with Crippen LogP contribution in [-0.4, -0.2) is 65.9 Å². The molecule has 0 aliphatic carbocycles. The summed E-state index contributed by atoms with van der Waals surface area (Å²) in [5.74, 6) is 0.0342. The van der Waals surface area contributed by atoms with E-state index in [0.29, 0.717) is 24.5 Å². The third-order valence-electron chi connectivity index (χ3n) is 3.23. The number of likely N-dealkylation sites (N-methyl/N-ethyl adjacent to an activating group) is 1. The zero-order chi connectivity index (χ0) is 18.2. The molecule has 9 nitrogen and oxygen atoms in total. The predicted molar refractivity (Wildman–Crippen MR) is 90.5 cm³/mol. The summed E-state index contributed by atoms with van der Waals surface area (Å²) in [5, 5.41) is 6.66. The van der Waals surface area contributed by atoms with E-state index in [-0.39, 0.29) is 18.4 Å². The molecule has 0 aliphatic rings. The zero-order valence-electron chi connectivity index (χ0n) is 14.4. The van der Waals surface area contributed by atoms with Gasteiger partial charge in [-0.25, -0.2) is 9.67 Å². The molecule has 9 heteroatoms. The van der Waals surface area contributed by atoms with Crippen LogP contribution < -0.4 is 10.1 Å². The van der Waals surface area contributed by atoms with Crippen molar-refractivity contribution in [1.29, 1.82) is 0 Å². The van der Waals surface area contributed by atoms with Crippen LogP contribution in [0.5, 0.6) is 5.75 Å². The number of aromatic nitrogens is 3. The molecule has 1 aromatic carbocycles. The number of carbonyl (C=O) groups excluding carboxylic acids is 2. The van der Waals surface area contributed by atoms with Crippen molar-refractivity contribution in [3.8, 4) is 5.75 Å². The van der Waals surface area contributed by atoms with Gasteiger partial charge in [-0.2, -0.15) is 0 Å². The van der Waals surface area contributed by atoms with Gasteiger partial charge in [-0.05, 0) is 12.1 Å². The highest BCUT2D eigenvalue weighted by atomic mass is 16.5. The van der Waals surface area contributed by atoms with Crippen molar-refractivity contribution < 1.29 is 19.1 Å². The van der Waals surface area contributed by atoms with Gasteiger partial charge in [-0.15, -0.1) is 5.10 Å². The van der Waals surface area contributed by atoms with E-state index in [1.165, 1.54) is 15.9 Å². The number of benzene rings is 1. The van der Waals surface area contributed by atoms with E-state index in [9.17, 15) is 9.59 Å². The van der Waals surface area contributed by atoms with Crippen LogP contribution in [0.2, 0.25) is 0 Å². The molecule has 0 unspecified atom stereocenters. The number of rotatable bonds is 8. The SMILES string of the molecule is COCCOc1ccccc1C(=O)Nc1ncn(CC(=O)N(C)C)n1. The Balaban J connectivity index is 2.03. The average molecular weight is 347 g/mol. The minimum atomic E-state index is -0.398. The van der Waals surface area contributed by atoms with Crippen molar-refractivity contribution in [3.05, 3.63) is 36.2 Å². The first-order valence-corrected chi connectivity index (χ1v) is 7.63. The fourth-order valence-electron chi connectivity index (χ4n) is 1.89. The van der Waals surface area contributed by atoms with Crippen molar-refractivity contribution in [1.82, 2.24) is 19.7 Å². The van der Waals surface area contributed by atoms with E-state index < -0.39 is 5.91 Å². The van der Waals surface area contributed by atoms with E-state index in [4.69, 9.17) is 9.47 Å². The molecule has 134 valence electrons. The number of anilines is 1. The number of nitrogens with zero attached hydrogens (tertiary/aromatic N) is 4. The number of ether oxygens (including phenoxy) is 2. The third-order valence-corrected chi connectivity index (χ3v) is 3.23. The fraction of sp³-hybridized carbons (Fsp3) is 0.375. The second kappa shape index (κ2) is 8.78. The second-order valence-electron chi connectivity index (χ2n) is 5.35. The lowest BCUT2D eigenvalue weighted by atomic mass is 10.2. The van der Waals surface area contributed by atoms with Gasteiger partial charge in [0.1, 0.15) is 25.2 Å². The lowest BCUT2D eigenvalue weighted by molar-refractivity contribution is -0.129. The largest absolute Gasteiger partial charge is 0.490 e. The molecular weight excluding hydrogens is 326 g/mol. The fourth-order valence-corrected chi connectivity index (χ4v) is 1.89. The van der Waals surface area contributed by atoms with Gasteiger partial charge in [-0.3, -0.25) is 14.9 Å². The summed E-state index contributed by atoms with van der Waals surface area (Å²) >= 11 is 0. The molecule has 0 saturated carbocycles. The standard InChI is InChI=1S/C16H21N5O4/c1-20(2)14(22)10-21-11-17-16(19-21)18-15(23)12-6-4-5-7-13(12)25-9-8-24-3/h4-7,11H,8-10H2,1-3H3,(H,18,19,23).